The van der Waals surface area contributed by atoms with Crippen molar-refractivity contribution >= 4 is 28.4 Å². The van der Waals surface area contributed by atoms with Crippen molar-refractivity contribution in [1.82, 2.24) is 14.9 Å². The number of rotatable bonds is 7. The van der Waals surface area contributed by atoms with Crippen LogP contribution in [0.15, 0.2) is 35.3 Å². The lowest BCUT2D eigenvalue weighted by Gasteiger charge is -2.15. The van der Waals surface area contributed by atoms with Gasteiger partial charge in [0, 0.05) is 25.6 Å². The summed E-state index contributed by atoms with van der Waals surface area (Å²) in [4.78, 5) is 15.3. The predicted molar refractivity (Wildman–Crippen MR) is 117 cm³/mol. The molecule has 0 bridgehead atoms. The minimum absolute atomic E-state index is 0.141. The van der Waals surface area contributed by atoms with E-state index >= 15 is 0 Å². The number of hydrogen-bond acceptors (Lipinski definition) is 7. The normalized spacial score (nSPS) is 12.4. The van der Waals surface area contributed by atoms with E-state index < -0.39 is 5.82 Å². The molecule has 1 aliphatic heterocycles. The van der Waals surface area contributed by atoms with E-state index in [2.05, 4.69) is 20.3 Å². The third-order valence-electron chi connectivity index (χ3n) is 4.70. The third-order valence-corrected chi connectivity index (χ3v) is 4.70. The van der Waals surface area contributed by atoms with Crippen molar-refractivity contribution in [1.29, 1.82) is 0 Å². The first-order chi connectivity index (χ1) is 14.9. The number of aromatic nitrogens is 2. The van der Waals surface area contributed by atoms with Crippen molar-refractivity contribution in [2.24, 2.45) is 16.5 Å². The van der Waals surface area contributed by atoms with E-state index in [1.807, 2.05) is 37.2 Å². The summed E-state index contributed by atoms with van der Waals surface area (Å²) in [6.07, 6.45) is 0.388. The van der Waals surface area contributed by atoms with Crippen LogP contribution in [-0.4, -0.2) is 54.8 Å². The molecule has 0 fully saturated rings. The van der Waals surface area contributed by atoms with Gasteiger partial charge in [0.2, 0.25) is 6.79 Å². The molecule has 0 amide bonds. The van der Waals surface area contributed by atoms with Gasteiger partial charge in [-0.2, -0.15) is 4.99 Å². The Bertz CT molecular complexity index is 1150. The second-order valence-corrected chi connectivity index (χ2v) is 7.44. The van der Waals surface area contributed by atoms with Crippen molar-refractivity contribution in [3.8, 4) is 11.5 Å². The zero-order valence-corrected chi connectivity index (χ0v) is 17.4. The predicted octanol–water partition coefficient (Wildman–Crippen LogP) is 1.97. The zero-order valence-electron chi connectivity index (χ0n) is 17.4. The van der Waals surface area contributed by atoms with Crippen LogP contribution in [0, 0.1) is 5.82 Å². The van der Waals surface area contributed by atoms with Gasteiger partial charge in [0.05, 0.1) is 16.6 Å². The summed E-state index contributed by atoms with van der Waals surface area (Å²) in [6, 6.07) is 8.35. The fourth-order valence-electron chi connectivity index (χ4n) is 3.33. The van der Waals surface area contributed by atoms with Crippen LogP contribution in [-0.2, 0) is 6.42 Å². The highest BCUT2D eigenvalue weighted by Gasteiger charge is 2.17. The number of likely N-dealkylation sites (N-methyl/N-ethyl adjacent to an activating group) is 1. The van der Waals surface area contributed by atoms with E-state index in [0.29, 0.717) is 46.9 Å². The average molecular weight is 425 g/mol. The van der Waals surface area contributed by atoms with E-state index in [-0.39, 0.29) is 18.6 Å². The molecule has 0 saturated carbocycles. The Hall–Kier alpha value is -3.66. The van der Waals surface area contributed by atoms with Crippen LogP contribution in [0.25, 0.3) is 10.9 Å². The number of aliphatic imine (C=N–C) groups is 1. The van der Waals surface area contributed by atoms with Crippen LogP contribution in [0.3, 0.4) is 0 Å². The van der Waals surface area contributed by atoms with E-state index in [1.165, 1.54) is 12.1 Å². The standard InChI is InChI=1S/C21H24FN7O2/c1-29(2)6-5-25-14-9-13(22)10-15-19(14)20(28-21(23)24)27-18(26-15)8-12-3-4-16-17(7-12)31-11-30-16/h3-4,7,9-10,25H,5-6,8,11H2,1-2H3,(H4,23,24,26,27,28). The van der Waals surface area contributed by atoms with Crippen LogP contribution in [0.5, 0.6) is 11.5 Å². The number of guanidine groups is 1. The second kappa shape index (κ2) is 8.60. The molecule has 0 saturated heterocycles. The Morgan fingerprint density at radius 2 is 1.97 bits per heavy atom. The monoisotopic (exact) mass is 425 g/mol. The minimum atomic E-state index is -0.414. The molecule has 2 heterocycles. The third kappa shape index (κ3) is 4.75. The number of anilines is 1. The summed E-state index contributed by atoms with van der Waals surface area (Å²) in [7, 11) is 3.92. The number of fused-ring (bicyclic) bond motifs is 2. The van der Waals surface area contributed by atoms with Crippen molar-refractivity contribution in [2.75, 3.05) is 39.3 Å². The molecule has 0 unspecified atom stereocenters. The molecule has 0 aliphatic carbocycles. The number of halogens is 1. The molecule has 9 nitrogen and oxygen atoms in total. The van der Waals surface area contributed by atoms with Gasteiger partial charge in [0.25, 0.3) is 0 Å². The van der Waals surface area contributed by atoms with E-state index in [1.54, 1.807) is 0 Å². The Morgan fingerprint density at radius 1 is 1.16 bits per heavy atom. The first kappa shape index (κ1) is 20.6. The average Bonchev–Trinajstić information content (AvgIpc) is 3.14. The fraction of sp³-hybridized carbons (Fsp3) is 0.286. The van der Waals surface area contributed by atoms with Crippen molar-refractivity contribution in [3.63, 3.8) is 0 Å². The van der Waals surface area contributed by atoms with Crippen LogP contribution in [0.2, 0.25) is 0 Å². The Kier molecular flexibility index (Phi) is 5.72. The quantitative estimate of drug-likeness (QED) is 0.388. The summed E-state index contributed by atoms with van der Waals surface area (Å²) >= 11 is 0. The molecule has 4 rings (SSSR count). The highest BCUT2D eigenvalue weighted by molar-refractivity contribution is 6.00. The van der Waals surface area contributed by atoms with Crippen molar-refractivity contribution in [3.05, 3.63) is 47.5 Å². The number of hydrogen-bond donors (Lipinski definition) is 3. The Morgan fingerprint density at radius 3 is 2.74 bits per heavy atom. The van der Waals surface area contributed by atoms with Gasteiger partial charge in [-0.15, -0.1) is 0 Å². The first-order valence-electron chi connectivity index (χ1n) is 9.76. The molecule has 5 N–H and O–H groups in total. The summed E-state index contributed by atoms with van der Waals surface area (Å²) in [5.74, 6) is 1.55. The molecular weight excluding hydrogens is 401 g/mol. The summed E-state index contributed by atoms with van der Waals surface area (Å²) in [5.41, 5.74) is 13.1. The molecule has 10 heteroatoms. The van der Waals surface area contributed by atoms with Gasteiger partial charge in [-0.3, -0.25) is 0 Å². The molecule has 31 heavy (non-hydrogen) atoms. The Labute approximate surface area is 178 Å². The van der Waals surface area contributed by atoms with Gasteiger partial charge in [-0.1, -0.05) is 6.07 Å². The molecule has 1 aromatic heterocycles. The zero-order chi connectivity index (χ0) is 22.0. The molecular formula is C21H24FN7O2. The lowest BCUT2D eigenvalue weighted by atomic mass is 10.1. The first-order valence-corrected chi connectivity index (χ1v) is 9.76. The maximum Gasteiger partial charge on any atom is 0.231 e. The SMILES string of the molecule is CN(C)CCNc1cc(F)cc2nc(Cc3ccc4c(c3)OCO4)nc(N=C(N)N)c12. The number of nitrogens with two attached hydrogens (primary N) is 2. The Balaban J connectivity index is 1.75. The summed E-state index contributed by atoms with van der Waals surface area (Å²) in [6.45, 7) is 1.56. The molecule has 1 aliphatic rings. The molecule has 0 radical (unpaired) electrons. The van der Waals surface area contributed by atoms with Gasteiger partial charge in [-0.05, 0) is 37.9 Å². The summed E-state index contributed by atoms with van der Waals surface area (Å²) in [5, 5.41) is 3.79. The molecule has 0 spiro atoms. The lowest BCUT2D eigenvalue weighted by molar-refractivity contribution is 0.174. The van der Waals surface area contributed by atoms with E-state index in [0.717, 1.165) is 12.1 Å². The topological polar surface area (TPSA) is 124 Å². The molecule has 3 aromatic rings. The van der Waals surface area contributed by atoms with Crippen LogP contribution >= 0.6 is 0 Å². The van der Waals surface area contributed by atoms with E-state index in [9.17, 15) is 4.39 Å². The van der Waals surface area contributed by atoms with Gasteiger partial charge in [-0.25, -0.2) is 14.4 Å². The summed E-state index contributed by atoms with van der Waals surface area (Å²) < 4.78 is 25.1. The van der Waals surface area contributed by atoms with Crippen molar-refractivity contribution in [2.45, 2.75) is 6.42 Å². The smallest absolute Gasteiger partial charge is 0.231 e. The fourth-order valence-corrected chi connectivity index (χ4v) is 3.33. The highest BCUT2D eigenvalue weighted by atomic mass is 19.1. The second-order valence-electron chi connectivity index (χ2n) is 7.44. The molecule has 162 valence electrons. The van der Waals surface area contributed by atoms with Gasteiger partial charge in [0.1, 0.15) is 11.6 Å². The lowest BCUT2D eigenvalue weighted by Crippen LogP contribution is -2.22. The number of nitrogens with zero attached hydrogens (tertiary/aromatic N) is 4. The van der Waals surface area contributed by atoms with Gasteiger partial charge in [0.15, 0.2) is 23.3 Å². The highest BCUT2D eigenvalue weighted by Crippen LogP contribution is 2.34. The number of benzene rings is 2. The van der Waals surface area contributed by atoms with Crippen molar-refractivity contribution < 1.29 is 13.9 Å². The van der Waals surface area contributed by atoms with E-state index in [4.69, 9.17) is 20.9 Å². The molecule has 2 aromatic carbocycles. The molecule has 0 atom stereocenters. The van der Waals surface area contributed by atoms with Crippen LogP contribution < -0.4 is 26.3 Å². The number of ether oxygens (including phenoxy) is 2. The van der Waals surface area contributed by atoms with Crippen LogP contribution in [0.1, 0.15) is 11.4 Å². The largest absolute Gasteiger partial charge is 0.454 e. The van der Waals surface area contributed by atoms with Gasteiger partial charge >= 0.3 is 0 Å². The number of nitrogens with one attached hydrogen (secondary N) is 1. The maximum absolute atomic E-state index is 14.4. The van der Waals surface area contributed by atoms with Gasteiger partial charge < -0.3 is 31.2 Å². The maximum atomic E-state index is 14.4. The van der Waals surface area contributed by atoms with Crippen LogP contribution in [0.4, 0.5) is 15.9 Å². The minimum Gasteiger partial charge on any atom is -0.454 e.